The Labute approximate surface area is 123 Å². The summed E-state index contributed by atoms with van der Waals surface area (Å²) in [6, 6.07) is 5.05. The molecule has 0 bridgehead atoms. The van der Waals surface area contributed by atoms with Crippen LogP contribution < -0.4 is 0 Å². The zero-order valence-corrected chi connectivity index (χ0v) is 12.1. The summed E-state index contributed by atoms with van der Waals surface area (Å²) in [6.07, 6.45) is 3.47. The molecule has 1 saturated heterocycles. The highest BCUT2D eigenvalue weighted by atomic mass is 35.5. The number of hydrogen-bond acceptors (Lipinski definition) is 2. The Bertz CT molecular complexity index is 459. The monoisotopic (exact) mass is 301 g/mol. The Morgan fingerprint density at radius 3 is 2.58 bits per heavy atom. The van der Waals surface area contributed by atoms with Gasteiger partial charge in [0.15, 0.2) is 0 Å². The maximum absolute atomic E-state index is 11.1. The Morgan fingerprint density at radius 1 is 1.26 bits per heavy atom. The van der Waals surface area contributed by atoms with Crippen molar-refractivity contribution in [2.75, 3.05) is 13.1 Å². The normalized spacial score (nSPS) is 18.2. The van der Waals surface area contributed by atoms with Gasteiger partial charge in [0.05, 0.1) is 6.42 Å². The highest BCUT2D eigenvalue weighted by Gasteiger charge is 2.26. The first kappa shape index (κ1) is 14.6. The van der Waals surface area contributed by atoms with Crippen molar-refractivity contribution in [1.29, 1.82) is 0 Å². The third kappa shape index (κ3) is 3.85. The van der Waals surface area contributed by atoms with Crippen LogP contribution in [0.5, 0.6) is 0 Å². The summed E-state index contributed by atoms with van der Waals surface area (Å²) < 4.78 is 0. The van der Waals surface area contributed by atoms with E-state index in [1.165, 1.54) is 6.42 Å². The minimum absolute atomic E-state index is 0.0556. The number of nitrogens with zero attached hydrogens (tertiary/aromatic N) is 1. The number of rotatable bonds is 4. The highest BCUT2D eigenvalue weighted by Crippen LogP contribution is 2.34. The van der Waals surface area contributed by atoms with Crippen LogP contribution in [-0.2, 0) is 4.79 Å². The first-order chi connectivity index (χ1) is 9.08. The van der Waals surface area contributed by atoms with E-state index in [4.69, 9.17) is 28.3 Å². The molecule has 1 aliphatic rings. The summed E-state index contributed by atoms with van der Waals surface area (Å²) >= 11 is 12.2. The van der Waals surface area contributed by atoms with Gasteiger partial charge in [-0.05, 0) is 49.7 Å². The van der Waals surface area contributed by atoms with Crippen LogP contribution in [0.2, 0.25) is 10.0 Å². The van der Waals surface area contributed by atoms with Crippen molar-refractivity contribution in [2.24, 2.45) is 0 Å². The van der Waals surface area contributed by atoms with Gasteiger partial charge < -0.3 is 5.11 Å². The van der Waals surface area contributed by atoms with Crippen LogP contribution in [-0.4, -0.2) is 29.1 Å². The van der Waals surface area contributed by atoms with Gasteiger partial charge in [-0.15, -0.1) is 0 Å². The van der Waals surface area contributed by atoms with Crippen LogP contribution in [0.25, 0.3) is 0 Å². The number of halogens is 2. The number of aliphatic carboxylic acids is 1. The number of likely N-dealkylation sites (tertiary alicyclic amines) is 1. The Hall–Kier alpha value is -0.770. The lowest BCUT2D eigenvalue weighted by molar-refractivity contribution is -0.138. The largest absolute Gasteiger partial charge is 0.481 e. The van der Waals surface area contributed by atoms with Crippen molar-refractivity contribution in [3.8, 4) is 0 Å². The summed E-state index contributed by atoms with van der Waals surface area (Å²) in [5.74, 6) is -0.813. The molecule has 1 atom stereocenters. The summed E-state index contributed by atoms with van der Waals surface area (Å²) in [4.78, 5) is 13.3. The fraction of sp³-hybridized carbons (Fsp3) is 0.500. The lowest BCUT2D eigenvalue weighted by Crippen LogP contribution is -2.35. The fourth-order valence-corrected chi connectivity index (χ4v) is 3.03. The molecule has 0 spiro atoms. The van der Waals surface area contributed by atoms with Gasteiger partial charge in [0.1, 0.15) is 0 Å². The molecule has 1 unspecified atom stereocenters. The van der Waals surface area contributed by atoms with E-state index in [0.717, 1.165) is 31.5 Å². The van der Waals surface area contributed by atoms with E-state index in [9.17, 15) is 4.79 Å². The van der Waals surface area contributed by atoms with Crippen LogP contribution in [0.3, 0.4) is 0 Å². The summed E-state index contributed by atoms with van der Waals surface area (Å²) in [5.41, 5.74) is 0.818. The van der Waals surface area contributed by atoms with Gasteiger partial charge in [-0.25, -0.2) is 0 Å². The first-order valence-corrected chi connectivity index (χ1v) is 7.24. The maximum atomic E-state index is 11.1. The second-order valence-electron chi connectivity index (χ2n) is 4.88. The number of benzene rings is 1. The molecule has 0 aliphatic carbocycles. The maximum Gasteiger partial charge on any atom is 0.305 e. The number of carboxylic acid groups (broad SMARTS) is 1. The van der Waals surface area contributed by atoms with E-state index in [1.807, 2.05) is 0 Å². The van der Waals surface area contributed by atoms with Crippen molar-refractivity contribution in [3.05, 3.63) is 33.8 Å². The molecule has 2 rings (SSSR count). The van der Waals surface area contributed by atoms with Gasteiger partial charge in [0.25, 0.3) is 0 Å². The first-order valence-electron chi connectivity index (χ1n) is 6.48. The van der Waals surface area contributed by atoms with E-state index >= 15 is 0 Å². The molecule has 1 aliphatic heterocycles. The van der Waals surface area contributed by atoms with Gasteiger partial charge in [-0.1, -0.05) is 29.6 Å². The zero-order chi connectivity index (χ0) is 13.8. The second kappa shape index (κ2) is 6.60. The zero-order valence-electron chi connectivity index (χ0n) is 10.6. The van der Waals surface area contributed by atoms with Crippen LogP contribution in [0.4, 0.5) is 0 Å². The van der Waals surface area contributed by atoms with Gasteiger partial charge in [-0.3, -0.25) is 9.69 Å². The van der Waals surface area contributed by atoms with Gasteiger partial charge in [0, 0.05) is 16.1 Å². The molecule has 0 amide bonds. The predicted molar refractivity (Wildman–Crippen MR) is 76.9 cm³/mol. The Kier molecular flexibility index (Phi) is 5.08. The fourth-order valence-electron chi connectivity index (χ4n) is 2.60. The minimum Gasteiger partial charge on any atom is -0.481 e. The molecule has 0 aromatic heterocycles. The van der Waals surface area contributed by atoms with E-state index in [1.54, 1.807) is 18.2 Å². The molecule has 1 fully saturated rings. The van der Waals surface area contributed by atoms with Crippen molar-refractivity contribution >= 4 is 29.2 Å². The van der Waals surface area contributed by atoms with Crippen LogP contribution in [0.15, 0.2) is 18.2 Å². The topological polar surface area (TPSA) is 40.5 Å². The minimum atomic E-state index is -0.813. The average molecular weight is 302 g/mol. The Morgan fingerprint density at radius 2 is 1.95 bits per heavy atom. The van der Waals surface area contributed by atoms with E-state index in [2.05, 4.69) is 4.90 Å². The van der Waals surface area contributed by atoms with Crippen molar-refractivity contribution in [3.63, 3.8) is 0 Å². The van der Waals surface area contributed by atoms with Crippen LogP contribution >= 0.6 is 23.2 Å². The molecule has 1 aromatic carbocycles. The van der Waals surface area contributed by atoms with Crippen molar-refractivity contribution < 1.29 is 9.90 Å². The molecule has 0 saturated carbocycles. The molecular formula is C14H17Cl2NO2. The quantitative estimate of drug-likeness (QED) is 0.914. The standard InChI is InChI=1S/C14H17Cl2NO2/c15-10-4-5-12(16)11(8-10)13(9-14(18)19)17-6-2-1-3-7-17/h4-5,8,13H,1-3,6-7,9H2,(H,18,19). The summed E-state index contributed by atoms with van der Waals surface area (Å²) in [5, 5.41) is 10.3. The lowest BCUT2D eigenvalue weighted by Gasteiger charge is -2.34. The summed E-state index contributed by atoms with van der Waals surface area (Å²) in [6.45, 7) is 1.83. The second-order valence-corrected chi connectivity index (χ2v) is 5.72. The average Bonchev–Trinajstić information content (AvgIpc) is 2.40. The SMILES string of the molecule is O=C(O)CC(c1cc(Cl)ccc1Cl)N1CCCCC1. The lowest BCUT2D eigenvalue weighted by atomic mass is 9.99. The number of carboxylic acids is 1. The highest BCUT2D eigenvalue weighted by molar-refractivity contribution is 6.33. The van der Waals surface area contributed by atoms with Gasteiger partial charge >= 0.3 is 5.97 Å². The van der Waals surface area contributed by atoms with Crippen LogP contribution in [0, 0.1) is 0 Å². The van der Waals surface area contributed by atoms with E-state index < -0.39 is 5.97 Å². The molecule has 1 N–H and O–H groups in total. The van der Waals surface area contributed by atoms with Crippen LogP contribution in [0.1, 0.15) is 37.3 Å². The Balaban J connectivity index is 2.29. The number of piperidine rings is 1. The molecule has 1 aromatic rings. The van der Waals surface area contributed by atoms with Gasteiger partial charge in [-0.2, -0.15) is 0 Å². The predicted octanol–water partition coefficient (Wildman–Crippen LogP) is 4.00. The third-order valence-electron chi connectivity index (χ3n) is 3.52. The summed E-state index contributed by atoms with van der Waals surface area (Å²) in [7, 11) is 0. The third-order valence-corrected chi connectivity index (χ3v) is 4.10. The molecule has 3 nitrogen and oxygen atoms in total. The molecular weight excluding hydrogens is 285 g/mol. The van der Waals surface area contributed by atoms with Gasteiger partial charge in [0.2, 0.25) is 0 Å². The number of carbonyl (C=O) groups is 1. The molecule has 104 valence electrons. The molecule has 19 heavy (non-hydrogen) atoms. The van der Waals surface area contributed by atoms with E-state index in [0.29, 0.717) is 10.0 Å². The smallest absolute Gasteiger partial charge is 0.305 e. The van der Waals surface area contributed by atoms with E-state index in [-0.39, 0.29) is 12.5 Å². The molecule has 0 radical (unpaired) electrons. The molecule has 5 heteroatoms. The molecule has 1 heterocycles. The van der Waals surface area contributed by atoms with Crippen molar-refractivity contribution in [1.82, 2.24) is 4.90 Å². The van der Waals surface area contributed by atoms with Crippen molar-refractivity contribution in [2.45, 2.75) is 31.7 Å². The number of hydrogen-bond donors (Lipinski definition) is 1.